The number of aromatic nitrogens is 2. The lowest BCUT2D eigenvalue weighted by atomic mass is 10.0. The first-order valence-corrected chi connectivity index (χ1v) is 15.6. The molecular formula is C33H38ClN7O2. The minimum Gasteiger partial charge on any atom is -0.462 e. The van der Waals surface area contributed by atoms with Crippen molar-refractivity contribution in [2.45, 2.75) is 38.3 Å². The zero-order valence-electron chi connectivity index (χ0n) is 24.6. The first kappa shape index (κ1) is 29.2. The highest BCUT2D eigenvalue weighted by atomic mass is 35.5. The SMILES string of the molecule is [C-]#[N+]C[C@H]1CN(c2nc(OCCN3CCCCC3)nc3c2CCN(c2cccc4cccc(Cl)c24)C3)CCN1C(=O)C=C. The molecule has 2 saturated heterocycles. The number of hydrogen-bond donors (Lipinski definition) is 0. The zero-order chi connectivity index (χ0) is 29.8. The quantitative estimate of drug-likeness (QED) is 0.271. The number of fused-ring (bicyclic) bond motifs is 2. The Balaban J connectivity index is 1.30. The molecule has 0 aliphatic carbocycles. The Morgan fingerprint density at radius 2 is 1.88 bits per heavy atom. The van der Waals surface area contributed by atoms with Crippen LogP contribution in [0.4, 0.5) is 11.5 Å². The molecule has 0 radical (unpaired) electrons. The lowest BCUT2D eigenvalue weighted by Gasteiger charge is -2.41. The maximum absolute atomic E-state index is 12.5. The van der Waals surface area contributed by atoms with Crippen LogP contribution < -0.4 is 14.5 Å². The number of carbonyl (C=O) groups excluding carboxylic acids is 1. The molecule has 3 aromatic rings. The fraction of sp³-hybridized carbons (Fsp3) is 0.455. The van der Waals surface area contributed by atoms with E-state index in [-0.39, 0.29) is 18.5 Å². The van der Waals surface area contributed by atoms with Crippen molar-refractivity contribution in [1.29, 1.82) is 0 Å². The monoisotopic (exact) mass is 599 g/mol. The highest BCUT2D eigenvalue weighted by Crippen LogP contribution is 2.37. The van der Waals surface area contributed by atoms with Crippen LogP contribution in [0, 0.1) is 6.57 Å². The van der Waals surface area contributed by atoms with E-state index in [1.807, 2.05) is 12.1 Å². The molecule has 0 spiro atoms. The van der Waals surface area contributed by atoms with E-state index in [4.69, 9.17) is 32.9 Å². The third-order valence-electron chi connectivity index (χ3n) is 8.82. The van der Waals surface area contributed by atoms with Crippen molar-refractivity contribution in [2.24, 2.45) is 0 Å². The van der Waals surface area contributed by atoms with Crippen molar-refractivity contribution in [2.75, 3.05) is 68.8 Å². The van der Waals surface area contributed by atoms with Crippen molar-refractivity contribution in [3.63, 3.8) is 0 Å². The van der Waals surface area contributed by atoms with Crippen LogP contribution in [-0.2, 0) is 17.8 Å². The first-order chi connectivity index (χ1) is 21.1. The van der Waals surface area contributed by atoms with Crippen LogP contribution in [0.15, 0.2) is 49.1 Å². The van der Waals surface area contributed by atoms with Crippen LogP contribution in [-0.4, -0.2) is 90.7 Å². The second-order valence-electron chi connectivity index (χ2n) is 11.5. The van der Waals surface area contributed by atoms with E-state index in [1.54, 1.807) is 4.90 Å². The predicted octanol–water partition coefficient (Wildman–Crippen LogP) is 4.83. The van der Waals surface area contributed by atoms with Crippen molar-refractivity contribution < 1.29 is 9.53 Å². The standard InChI is InChI=1S/C33H38ClN7O2/c1-3-30(42)41-18-17-40(22-25(41)21-35-2)32-26-13-16-39(29-12-8-10-24-9-7-11-27(34)31(24)29)23-28(26)36-33(37-32)43-20-19-38-14-5-4-6-15-38/h3,7-12,25H,1,4-6,13-23H2/t25-/m0/s1. The van der Waals surface area contributed by atoms with E-state index < -0.39 is 0 Å². The number of amides is 1. The molecule has 9 nitrogen and oxygen atoms in total. The molecular weight excluding hydrogens is 562 g/mol. The van der Waals surface area contributed by atoms with Gasteiger partial charge in [-0.15, -0.1) is 0 Å². The van der Waals surface area contributed by atoms with Crippen LogP contribution in [0.2, 0.25) is 5.02 Å². The van der Waals surface area contributed by atoms with Crippen LogP contribution in [0.25, 0.3) is 15.6 Å². The summed E-state index contributed by atoms with van der Waals surface area (Å²) in [6, 6.07) is 12.5. The average molecular weight is 600 g/mol. The highest BCUT2D eigenvalue weighted by molar-refractivity contribution is 6.36. The second kappa shape index (κ2) is 13.2. The molecule has 6 rings (SSSR count). The number of nitrogens with zero attached hydrogens (tertiary/aromatic N) is 7. The Morgan fingerprint density at radius 1 is 1.07 bits per heavy atom. The molecule has 1 amide bonds. The number of carbonyl (C=O) groups is 1. The molecule has 2 fully saturated rings. The molecule has 43 heavy (non-hydrogen) atoms. The summed E-state index contributed by atoms with van der Waals surface area (Å²) >= 11 is 6.70. The molecule has 1 aromatic heterocycles. The molecule has 1 atom stereocenters. The second-order valence-corrected chi connectivity index (χ2v) is 11.9. The Morgan fingerprint density at radius 3 is 2.67 bits per heavy atom. The molecule has 0 N–H and O–H groups in total. The van der Waals surface area contributed by atoms with Crippen LogP contribution in [0.1, 0.15) is 30.5 Å². The van der Waals surface area contributed by atoms with Gasteiger partial charge in [0.15, 0.2) is 0 Å². The average Bonchev–Trinajstić information content (AvgIpc) is 3.04. The highest BCUT2D eigenvalue weighted by Gasteiger charge is 2.35. The maximum atomic E-state index is 12.5. The smallest absolute Gasteiger partial charge is 0.318 e. The molecule has 224 valence electrons. The molecule has 2 aromatic carbocycles. The largest absolute Gasteiger partial charge is 0.462 e. The van der Waals surface area contributed by atoms with Crippen molar-refractivity contribution in [1.82, 2.24) is 19.8 Å². The fourth-order valence-electron chi connectivity index (χ4n) is 6.63. The van der Waals surface area contributed by atoms with E-state index >= 15 is 0 Å². The topological polar surface area (TPSA) is 69.4 Å². The summed E-state index contributed by atoms with van der Waals surface area (Å²) in [4.78, 5) is 34.9. The number of benzene rings is 2. The van der Waals surface area contributed by atoms with Crippen LogP contribution >= 0.6 is 11.6 Å². The molecule has 3 aliphatic heterocycles. The Labute approximate surface area is 258 Å². The minimum atomic E-state index is -0.233. The van der Waals surface area contributed by atoms with Gasteiger partial charge in [0.05, 0.1) is 17.3 Å². The summed E-state index contributed by atoms with van der Waals surface area (Å²) in [5, 5.41) is 2.90. The third kappa shape index (κ3) is 6.27. The summed E-state index contributed by atoms with van der Waals surface area (Å²) in [5.41, 5.74) is 3.14. The Bertz CT molecular complexity index is 1530. The van der Waals surface area contributed by atoms with Crippen LogP contribution in [0.5, 0.6) is 6.01 Å². The van der Waals surface area contributed by atoms with Gasteiger partial charge in [-0.05, 0) is 55.9 Å². The normalized spacial score (nSPS) is 19.2. The van der Waals surface area contributed by atoms with Gasteiger partial charge < -0.3 is 24.3 Å². The predicted molar refractivity (Wildman–Crippen MR) is 171 cm³/mol. The van der Waals surface area contributed by atoms with Crippen LogP contribution in [0.3, 0.4) is 0 Å². The van der Waals surface area contributed by atoms with Gasteiger partial charge in [-0.2, -0.15) is 9.97 Å². The van der Waals surface area contributed by atoms with Crippen molar-refractivity contribution in [3.8, 4) is 6.01 Å². The van der Waals surface area contributed by atoms with Gasteiger partial charge >= 0.3 is 6.01 Å². The number of anilines is 2. The molecule has 10 heteroatoms. The van der Waals surface area contributed by atoms with E-state index in [2.05, 4.69) is 50.4 Å². The van der Waals surface area contributed by atoms with E-state index in [0.717, 1.165) is 71.2 Å². The number of ether oxygens (including phenoxy) is 1. The van der Waals surface area contributed by atoms with Gasteiger partial charge in [0.25, 0.3) is 0 Å². The number of piperazine rings is 1. The van der Waals surface area contributed by atoms with Gasteiger partial charge in [0.2, 0.25) is 12.5 Å². The van der Waals surface area contributed by atoms with Gasteiger partial charge in [-0.3, -0.25) is 9.69 Å². The van der Waals surface area contributed by atoms with Gasteiger partial charge in [-0.25, -0.2) is 6.57 Å². The number of likely N-dealkylation sites (tertiary alicyclic amines) is 1. The summed E-state index contributed by atoms with van der Waals surface area (Å²) in [7, 11) is 0. The molecule has 0 unspecified atom stereocenters. The zero-order valence-corrected chi connectivity index (χ0v) is 25.3. The fourth-order valence-corrected chi connectivity index (χ4v) is 6.90. The summed E-state index contributed by atoms with van der Waals surface area (Å²) < 4.78 is 6.23. The summed E-state index contributed by atoms with van der Waals surface area (Å²) in [6.07, 6.45) is 5.87. The Kier molecular flexibility index (Phi) is 8.96. The van der Waals surface area contributed by atoms with Gasteiger partial charge in [0.1, 0.15) is 18.5 Å². The number of halogens is 1. The maximum Gasteiger partial charge on any atom is 0.318 e. The first-order valence-electron chi connectivity index (χ1n) is 15.2. The van der Waals surface area contributed by atoms with Crippen molar-refractivity contribution >= 4 is 39.8 Å². The lowest BCUT2D eigenvalue weighted by molar-refractivity contribution is -0.128. The van der Waals surface area contributed by atoms with E-state index in [1.165, 1.54) is 25.3 Å². The van der Waals surface area contributed by atoms with Gasteiger partial charge in [0, 0.05) is 49.4 Å². The molecule has 0 bridgehead atoms. The minimum absolute atomic E-state index is 0.135. The number of hydrogen-bond acceptors (Lipinski definition) is 7. The molecule has 3 aliphatic rings. The molecule has 0 saturated carbocycles. The Hall–Kier alpha value is -3.87. The van der Waals surface area contributed by atoms with E-state index in [9.17, 15) is 4.79 Å². The van der Waals surface area contributed by atoms with Crippen molar-refractivity contribution in [3.05, 3.63) is 76.8 Å². The molecule has 4 heterocycles. The summed E-state index contributed by atoms with van der Waals surface area (Å²) in [6.45, 7) is 18.1. The summed E-state index contributed by atoms with van der Waals surface area (Å²) in [5.74, 6) is 0.721. The third-order valence-corrected chi connectivity index (χ3v) is 9.14. The lowest BCUT2D eigenvalue weighted by Crippen LogP contribution is -2.56. The van der Waals surface area contributed by atoms with E-state index in [0.29, 0.717) is 38.8 Å². The number of rotatable bonds is 8. The number of piperidine rings is 1. The van der Waals surface area contributed by atoms with Gasteiger partial charge in [-0.1, -0.05) is 48.9 Å².